The Balaban J connectivity index is 1.63. The fourth-order valence-electron chi connectivity index (χ4n) is 3.31. The van der Waals surface area contributed by atoms with Crippen molar-refractivity contribution in [2.24, 2.45) is 0 Å². The molecule has 0 radical (unpaired) electrons. The fourth-order valence-corrected chi connectivity index (χ4v) is 3.31. The molecular weight excluding hydrogens is 349 g/mol. The Morgan fingerprint density at radius 3 is 2.89 bits per heavy atom. The molecule has 2 aromatic rings. The molecule has 0 aliphatic carbocycles. The van der Waals surface area contributed by atoms with Crippen LogP contribution in [0, 0.1) is 5.82 Å². The number of carbonyl (C=O) groups excluding carboxylic acids is 1. The molecule has 1 N–H and O–H groups in total. The van der Waals surface area contributed by atoms with Crippen LogP contribution in [0.15, 0.2) is 24.3 Å². The fraction of sp³-hybridized carbons (Fsp3) is 0.526. The van der Waals surface area contributed by atoms with E-state index in [2.05, 4.69) is 25.0 Å². The van der Waals surface area contributed by atoms with Gasteiger partial charge in [0.05, 0.1) is 12.6 Å². The molecule has 1 aliphatic heterocycles. The van der Waals surface area contributed by atoms with Gasteiger partial charge >= 0.3 is 0 Å². The van der Waals surface area contributed by atoms with Gasteiger partial charge in [-0.1, -0.05) is 18.2 Å². The highest BCUT2D eigenvalue weighted by Crippen LogP contribution is 2.17. The number of hydrogen-bond acceptors (Lipinski definition) is 5. The average molecular weight is 375 g/mol. The number of nitrogens with one attached hydrogen (secondary N) is 1. The minimum Gasteiger partial charge on any atom is -0.384 e. The van der Waals surface area contributed by atoms with E-state index in [0.717, 1.165) is 31.2 Å². The summed E-state index contributed by atoms with van der Waals surface area (Å²) in [5, 5.41) is 11.5. The molecule has 1 aromatic carbocycles. The van der Waals surface area contributed by atoms with Gasteiger partial charge in [-0.2, -0.15) is 0 Å². The van der Waals surface area contributed by atoms with Gasteiger partial charge in [-0.05, 0) is 13.0 Å². The molecule has 1 unspecified atom stereocenters. The van der Waals surface area contributed by atoms with Crippen LogP contribution >= 0.6 is 0 Å². The van der Waals surface area contributed by atoms with Gasteiger partial charge in [0.15, 0.2) is 5.82 Å². The van der Waals surface area contributed by atoms with Crippen molar-refractivity contribution < 1.29 is 13.9 Å². The molecular formula is C19H26FN5O2. The van der Waals surface area contributed by atoms with Gasteiger partial charge in [0.25, 0.3) is 0 Å². The third-order valence-electron chi connectivity index (χ3n) is 4.80. The second-order valence-electron chi connectivity index (χ2n) is 6.78. The molecule has 8 heteroatoms. The van der Waals surface area contributed by atoms with Crippen LogP contribution in [0.4, 0.5) is 4.39 Å². The van der Waals surface area contributed by atoms with Gasteiger partial charge < -0.3 is 14.6 Å². The summed E-state index contributed by atoms with van der Waals surface area (Å²) in [6.07, 6.45) is 1.06. The van der Waals surface area contributed by atoms with Crippen molar-refractivity contribution in [3.8, 4) is 0 Å². The van der Waals surface area contributed by atoms with Crippen LogP contribution in [0.3, 0.4) is 0 Å². The van der Waals surface area contributed by atoms with Crippen LogP contribution in [0.5, 0.6) is 0 Å². The van der Waals surface area contributed by atoms with E-state index >= 15 is 0 Å². The lowest BCUT2D eigenvalue weighted by Gasteiger charge is -2.20. The Hall–Kier alpha value is -2.32. The number of amides is 1. The molecule has 0 bridgehead atoms. The maximum atomic E-state index is 13.9. The number of rotatable bonds is 7. The summed E-state index contributed by atoms with van der Waals surface area (Å²) >= 11 is 0. The van der Waals surface area contributed by atoms with Gasteiger partial charge in [-0.25, -0.2) is 4.39 Å². The van der Waals surface area contributed by atoms with Gasteiger partial charge in [-0.3, -0.25) is 9.69 Å². The molecule has 0 fully saturated rings. The van der Waals surface area contributed by atoms with E-state index in [1.54, 1.807) is 13.2 Å². The number of halogens is 1. The first-order chi connectivity index (χ1) is 13.1. The standard InChI is InChI=1S/C19H26FN5O2/c1-14(21-18(26)8-12-27-2)19-23-22-17-7-9-24(10-11-25(17)19)13-15-5-3-4-6-16(15)20/h3-6,14H,7-13H2,1-2H3,(H,21,26). The number of fused-ring (bicyclic) bond motifs is 1. The van der Waals surface area contributed by atoms with Crippen LogP contribution in [-0.2, 0) is 29.0 Å². The highest BCUT2D eigenvalue weighted by Gasteiger charge is 2.23. The van der Waals surface area contributed by atoms with E-state index in [9.17, 15) is 9.18 Å². The molecule has 1 aromatic heterocycles. The van der Waals surface area contributed by atoms with Crippen molar-refractivity contribution >= 4 is 5.91 Å². The van der Waals surface area contributed by atoms with Crippen LogP contribution in [0.25, 0.3) is 0 Å². The lowest BCUT2D eigenvalue weighted by Crippen LogP contribution is -2.30. The molecule has 146 valence electrons. The lowest BCUT2D eigenvalue weighted by atomic mass is 10.2. The first-order valence-electron chi connectivity index (χ1n) is 9.24. The summed E-state index contributed by atoms with van der Waals surface area (Å²) in [5.41, 5.74) is 0.703. The summed E-state index contributed by atoms with van der Waals surface area (Å²) in [5.74, 6) is 1.41. The molecule has 0 saturated heterocycles. The van der Waals surface area contributed by atoms with Crippen molar-refractivity contribution in [3.05, 3.63) is 47.3 Å². The second-order valence-corrected chi connectivity index (χ2v) is 6.78. The quantitative estimate of drug-likeness (QED) is 0.797. The largest absolute Gasteiger partial charge is 0.384 e. The Morgan fingerprint density at radius 2 is 2.11 bits per heavy atom. The van der Waals surface area contributed by atoms with Crippen molar-refractivity contribution in [1.82, 2.24) is 25.0 Å². The van der Waals surface area contributed by atoms with E-state index in [0.29, 0.717) is 31.7 Å². The smallest absolute Gasteiger partial charge is 0.222 e. The van der Waals surface area contributed by atoms with E-state index in [4.69, 9.17) is 4.74 Å². The highest BCUT2D eigenvalue weighted by molar-refractivity contribution is 5.76. The Kier molecular flexibility index (Phi) is 6.52. The molecule has 1 amide bonds. The van der Waals surface area contributed by atoms with E-state index in [-0.39, 0.29) is 17.8 Å². The zero-order valence-corrected chi connectivity index (χ0v) is 15.8. The maximum absolute atomic E-state index is 13.9. The molecule has 1 aliphatic rings. The Bertz CT molecular complexity index is 779. The van der Waals surface area contributed by atoms with Gasteiger partial charge in [0.2, 0.25) is 5.91 Å². The number of benzene rings is 1. The molecule has 0 saturated carbocycles. The van der Waals surface area contributed by atoms with Crippen LogP contribution in [0.1, 0.15) is 36.6 Å². The predicted molar refractivity (Wildman–Crippen MR) is 98.5 cm³/mol. The monoisotopic (exact) mass is 375 g/mol. The molecule has 7 nitrogen and oxygen atoms in total. The third kappa shape index (κ3) is 4.90. The molecule has 1 atom stereocenters. The number of aromatic nitrogens is 3. The van der Waals surface area contributed by atoms with Crippen molar-refractivity contribution in [2.75, 3.05) is 26.8 Å². The first-order valence-corrected chi connectivity index (χ1v) is 9.24. The van der Waals surface area contributed by atoms with Crippen LogP contribution in [0.2, 0.25) is 0 Å². The molecule has 3 rings (SSSR count). The zero-order valence-electron chi connectivity index (χ0n) is 15.8. The summed E-state index contributed by atoms with van der Waals surface area (Å²) in [4.78, 5) is 14.2. The van der Waals surface area contributed by atoms with E-state index in [1.807, 2.05) is 19.1 Å². The van der Waals surface area contributed by atoms with E-state index in [1.165, 1.54) is 6.07 Å². The number of ether oxygens (including phenoxy) is 1. The molecule has 0 spiro atoms. The Morgan fingerprint density at radius 1 is 1.30 bits per heavy atom. The van der Waals surface area contributed by atoms with Crippen molar-refractivity contribution in [2.45, 2.75) is 38.9 Å². The van der Waals surface area contributed by atoms with Crippen molar-refractivity contribution in [3.63, 3.8) is 0 Å². The third-order valence-corrected chi connectivity index (χ3v) is 4.80. The Labute approximate surface area is 158 Å². The average Bonchev–Trinajstić information content (AvgIpc) is 2.96. The SMILES string of the molecule is COCCC(=O)NC(C)c1nnc2n1CCN(Cc1ccccc1F)CC2. The minimum atomic E-state index is -0.228. The summed E-state index contributed by atoms with van der Waals surface area (Å²) in [6.45, 7) is 5.15. The summed E-state index contributed by atoms with van der Waals surface area (Å²) in [7, 11) is 1.57. The summed E-state index contributed by atoms with van der Waals surface area (Å²) in [6, 6.07) is 6.65. The van der Waals surface area contributed by atoms with E-state index < -0.39 is 0 Å². The zero-order chi connectivity index (χ0) is 19.2. The normalized spacial score (nSPS) is 15.8. The first kappa shape index (κ1) is 19.4. The van der Waals surface area contributed by atoms with Crippen LogP contribution < -0.4 is 5.32 Å². The number of nitrogens with zero attached hydrogens (tertiary/aromatic N) is 4. The topological polar surface area (TPSA) is 72.3 Å². The van der Waals surface area contributed by atoms with Crippen LogP contribution in [-0.4, -0.2) is 52.4 Å². The number of hydrogen-bond donors (Lipinski definition) is 1. The minimum absolute atomic E-state index is 0.0727. The van der Waals surface area contributed by atoms with Crippen molar-refractivity contribution in [1.29, 1.82) is 0 Å². The summed E-state index contributed by atoms with van der Waals surface area (Å²) < 4.78 is 20.9. The van der Waals surface area contributed by atoms with Gasteiger partial charge in [-0.15, -0.1) is 10.2 Å². The molecule has 2 heterocycles. The van der Waals surface area contributed by atoms with Gasteiger partial charge in [0, 0.05) is 51.7 Å². The number of methoxy groups -OCH3 is 1. The predicted octanol–water partition coefficient (Wildman–Crippen LogP) is 1.69. The maximum Gasteiger partial charge on any atom is 0.222 e. The molecule has 27 heavy (non-hydrogen) atoms. The highest BCUT2D eigenvalue weighted by atomic mass is 19.1. The van der Waals surface area contributed by atoms with Gasteiger partial charge in [0.1, 0.15) is 11.6 Å². The number of carbonyl (C=O) groups is 1. The lowest BCUT2D eigenvalue weighted by molar-refractivity contribution is -0.122. The second kappa shape index (κ2) is 9.05.